The molecule has 4 heterocycles. The molecule has 1 amide bonds. The number of aryl methyl sites for hydroxylation is 3. The number of carbonyl (C=O) groups excluding carboxylic acids is 1. The average molecular weight is 563 g/mol. The van der Waals surface area contributed by atoms with Crippen molar-refractivity contribution >= 4 is 22.7 Å². The molecule has 0 aliphatic heterocycles. The number of aromatic nitrogens is 6. The summed E-state index contributed by atoms with van der Waals surface area (Å²) in [4.78, 5) is 17.0. The second kappa shape index (κ2) is 11.2. The molecular formula is C31H30N8O3. The molecule has 6 aromatic rings. The van der Waals surface area contributed by atoms with Gasteiger partial charge in [0.05, 0.1) is 36.7 Å². The Kier molecular flexibility index (Phi) is 7.14. The van der Waals surface area contributed by atoms with E-state index >= 15 is 0 Å². The predicted molar refractivity (Wildman–Crippen MR) is 158 cm³/mol. The van der Waals surface area contributed by atoms with Gasteiger partial charge in [-0.3, -0.25) is 9.36 Å². The number of hydrogen-bond donors (Lipinski definition) is 2. The zero-order chi connectivity index (χ0) is 29.2. The maximum Gasteiger partial charge on any atom is 0.413 e. The van der Waals surface area contributed by atoms with Crippen molar-refractivity contribution in [3.63, 3.8) is 0 Å². The molecule has 4 aromatic heterocycles. The normalized spacial score (nSPS) is 11.2. The van der Waals surface area contributed by atoms with E-state index < -0.39 is 6.09 Å². The molecule has 0 atom stereocenters. The van der Waals surface area contributed by atoms with Gasteiger partial charge in [-0.05, 0) is 60.5 Å². The van der Waals surface area contributed by atoms with Gasteiger partial charge in [-0.25, -0.2) is 9.78 Å². The van der Waals surface area contributed by atoms with Gasteiger partial charge in [-0.15, -0.1) is 0 Å². The van der Waals surface area contributed by atoms with Crippen LogP contribution in [0.2, 0.25) is 0 Å². The third kappa shape index (κ3) is 5.71. The summed E-state index contributed by atoms with van der Waals surface area (Å²) < 4.78 is 14.8. The second-order valence-corrected chi connectivity index (χ2v) is 10.3. The molecule has 0 radical (unpaired) electrons. The van der Waals surface area contributed by atoms with Crippen LogP contribution in [0.25, 0.3) is 22.0 Å². The van der Waals surface area contributed by atoms with Crippen LogP contribution in [0.15, 0.2) is 77.8 Å². The average Bonchev–Trinajstić information content (AvgIpc) is 3.66. The van der Waals surface area contributed by atoms with Crippen molar-refractivity contribution in [1.29, 1.82) is 0 Å². The lowest BCUT2D eigenvalue weighted by molar-refractivity contribution is 0.200. The number of rotatable bonds is 8. The van der Waals surface area contributed by atoms with Crippen LogP contribution in [0.4, 0.5) is 10.6 Å². The Morgan fingerprint density at radius 1 is 0.976 bits per heavy atom. The topological polar surface area (TPSA) is 139 Å². The first-order chi connectivity index (χ1) is 20.3. The van der Waals surface area contributed by atoms with Gasteiger partial charge >= 0.3 is 6.09 Å². The number of carbonyl (C=O) groups is 1. The lowest BCUT2D eigenvalue weighted by Crippen LogP contribution is -2.26. The number of amides is 1. The quantitative estimate of drug-likeness (QED) is 0.259. The zero-order valence-corrected chi connectivity index (χ0v) is 23.5. The third-order valence-electron chi connectivity index (χ3n) is 6.97. The van der Waals surface area contributed by atoms with Gasteiger partial charge in [0.2, 0.25) is 0 Å². The number of pyridine rings is 1. The summed E-state index contributed by atoms with van der Waals surface area (Å²) in [5.74, 6) is 1.37. The Bertz CT molecular complexity index is 1860. The highest BCUT2D eigenvalue weighted by Gasteiger charge is 2.22. The van der Waals surface area contributed by atoms with Gasteiger partial charge in [-0.1, -0.05) is 41.6 Å². The third-order valence-corrected chi connectivity index (χ3v) is 6.97. The molecule has 6 rings (SSSR count). The van der Waals surface area contributed by atoms with E-state index in [1.165, 1.54) is 0 Å². The van der Waals surface area contributed by atoms with Crippen LogP contribution >= 0.6 is 0 Å². The van der Waals surface area contributed by atoms with E-state index in [1.807, 2.05) is 55.2 Å². The van der Waals surface area contributed by atoms with Crippen molar-refractivity contribution < 1.29 is 14.1 Å². The molecule has 0 saturated heterocycles. The SMILES string of the molecule is Cc1cnn(Cc2ccc(Cn3cc(OC(=O)NCc4ccc5c(N)nccc5c4)c(-c4c(C)noc4C)n3)cc2)c1. The maximum atomic E-state index is 12.9. The zero-order valence-electron chi connectivity index (χ0n) is 23.5. The fourth-order valence-electron chi connectivity index (χ4n) is 4.90. The number of nitrogen functional groups attached to an aromatic ring is 1. The van der Waals surface area contributed by atoms with Crippen LogP contribution in [0.5, 0.6) is 5.75 Å². The number of hydrogen-bond acceptors (Lipinski definition) is 8. The lowest BCUT2D eigenvalue weighted by atomic mass is 10.1. The van der Waals surface area contributed by atoms with E-state index in [4.69, 9.17) is 20.1 Å². The summed E-state index contributed by atoms with van der Waals surface area (Å²) in [5.41, 5.74) is 12.0. The van der Waals surface area contributed by atoms with E-state index in [1.54, 1.807) is 24.0 Å². The van der Waals surface area contributed by atoms with Gasteiger partial charge < -0.3 is 20.3 Å². The predicted octanol–water partition coefficient (Wildman–Crippen LogP) is 5.18. The van der Waals surface area contributed by atoms with Crippen molar-refractivity contribution in [3.05, 3.63) is 107 Å². The van der Waals surface area contributed by atoms with Crippen LogP contribution in [0.3, 0.4) is 0 Å². The first kappa shape index (κ1) is 26.8. The van der Waals surface area contributed by atoms with Gasteiger partial charge in [-0.2, -0.15) is 10.2 Å². The molecule has 11 heteroatoms. The Morgan fingerprint density at radius 2 is 1.71 bits per heavy atom. The van der Waals surface area contributed by atoms with E-state index in [2.05, 4.69) is 44.8 Å². The summed E-state index contributed by atoms with van der Waals surface area (Å²) in [6.45, 7) is 7.11. The van der Waals surface area contributed by atoms with Crippen molar-refractivity contribution in [1.82, 2.24) is 35.0 Å². The minimum atomic E-state index is -0.602. The molecule has 0 aliphatic carbocycles. The molecule has 0 bridgehead atoms. The molecular weight excluding hydrogens is 532 g/mol. The molecule has 11 nitrogen and oxygen atoms in total. The Morgan fingerprint density at radius 3 is 2.40 bits per heavy atom. The Labute approximate surface area is 241 Å². The lowest BCUT2D eigenvalue weighted by Gasteiger charge is -2.08. The first-order valence-electron chi connectivity index (χ1n) is 13.5. The van der Waals surface area contributed by atoms with E-state index in [-0.39, 0.29) is 6.54 Å². The molecule has 212 valence electrons. The van der Waals surface area contributed by atoms with E-state index in [0.29, 0.717) is 47.4 Å². The largest absolute Gasteiger partial charge is 0.413 e. The maximum absolute atomic E-state index is 12.9. The van der Waals surface area contributed by atoms with Crippen molar-refractivity contribution in [2.45, 2.75) is 40.4 Å². The monoisotopic (exact) mass is 562 g/mol. The highest BCUT2D eigenvalue weighted by molar-refractivity contribution is 5.91. The van der Waals surface area contributed by atoms with E-state index in [9.17, 15) is 4.79 Å². The fraction of sp³-hybridized carbons (Fsp3) is 0.194. The van der Waals surface area contributed by atoms with Crippen LogP contribution in [0.1, 0.15) is 33.7 Å². The summed E-state index contributed by atoms with van der Waals surface area (Å²) in [6.07, 6.45) is 6.64. The summed E-state index contributed by atoms with van der Waals surface area (Å²) in [7, 11) is 0. The minimum Gasteiger partial charge on any atom is -0.406 e. The van der Waals surface area contributed by atoms with Crippen molar-refractivity contribution in [2.75, 3.05) is 5.73 Å². The highest BCUT2D eigenvalue weighted by Crippen LogP contribution is 2.33. The molecule has 0 unspecified atom stereocenters. The number of nitrogens with two attached hydrogens (primary N) is 1. The standard InChI is InChI=1S/C31H30N8O3/c1-19-13-35-38(15-19)16-22-4-6-23(7-5-22)17-39-18-27(29(36-39)28-20(2)37-42-21(28)3)41-31(40)34-14-24-8-9-26-25(12-24)10-11-33-30(26)32/h4-13,15,18H,14,16-17H2,1-3H3,(H2,32,33)(H,34,40). The van der Waals surface area contributed by atoms with E-state index in [0.717, 1.165) is 33.0 Å². The van der Waals surface area contributed by atoms with Crippen LogP contribution < -0.4 is 15.8 Å². The van der Waals surface area contributed by atoms with Gasteiger partial charge in [0.25, 0.3) is 0 Å². The summed E-state index contributed by atoms with van der Waals surface area (Å²) in [5, 5.41) is 17.8. The summed E-state index contributed by atoms with van der Waals surface area (Å²) >= 11 is 0. The smallest absolute Gasteiger partial charge is 0.406 e. The molecule has 0 fully saturated rings. The molecule has 3 N–H and O–H groups in total. The Balaban J connectivity index is 1.18. The van der Waals surface area contributed by atoms with Gasteiger partial charge in [0, 0.05) is 24.3 Å². The van der Waals surface area contributed by atoms with Crippen molar-refractivity contribution in [2.24, 2.45) is 0 Å². The summed E-state index contributed by atoms with van der Waals surface area (Å²) in [6, 6.07) is 15.9. The molecule has 42 heavy (non-hydrogen) atoms. The molecule has 0 aliphatic rings. The second-order valence-electron chi connectivity index (χ2n) is 10.3. The number of benzene rings is 2. The number of ether oxygens (including phenoxy) is 1. The Hall–Kier alpha value is -5.45. The van der Waals surface area contributed by atoms with Crippen molar-refractivity contribution in [3.8, 4) is 17.0 Å². The van der Waals surface area contributed by atoms with Gasteiger partial charge in [0.15, 0.2) is 5.75 Å². The molecule has 0 saturated carbocycles. The number of nitrogens with one attached hydrogen (secondary N) is 1. The molecule has 0 spiro atoms. The molecule has 2 aromatic carbocycles. The number of nitrogens with zero attached hydrogens (tertiary/aromatic N) is 6. The highest BCUT2D eigenvalue weighted by atomic mass is 16.6. The number of anilines is 1. The fourth-order valence-corrected chi connectivity index (χ4v) is 4.90. The van der Waals surface area contributed by atoms with Crippen LogP contribution in [0, 0.1) is 20.8 Å². The van der Waals surface area contributed by atoms with Crippen LogP contribution in [-0.2, 0) is 19.6 Å². The minimum absolute atomic E-state index is 0.274. The van der Waals surface area contributed by atoms with Crippen LogP contribution in [-0.4, -0.2) is 35.8 Å². The van der Waals surface area contributed by atoms with Gasteiger partial charge in [0.1, 0.15) is 17.3 Å². The first-order valence-corrected chi connectivity index (χ1v) is 13.5. The number of fused-ring (bicyclic) bond motifs is 1.